The number of hydrogen-bond donors (Lipinski definition) is 4. The number of non-ortho nitro benzene ring substituents is 2. The van der Waals surface area contributed by atoms with Crippen molar-refractivity contribution in [1.82, 2.24) is 0 Å². The third-order valence-electron chi connectivity index (χ3n) is 6.34. The van der Waals surface area contributed by atoms with Crippen LogP contribution in [0.4, 0.5) is 22.7 Å². The molecule has 0 atom stereocenters. The van der Waals surface area contributed by atoms with Gasteiger partial charge in [-0.25, -0.2) is 9.59 Å². The number of nitrogens with zero attached hydrogens (tertiary/aromatic N) is 2. The Balaban J connectivity index is 1.58. The van der Waals surface area contributed by atoms with Gasteiger partial charge in [0.15, 0.2) is 0 Å². The zero-order valence-corrected chi connectivity index (χ0v) is 24.0. The number of carboxylic acids is 2. The Hall–Kier alpha value is -5.86. The fraction of sp³-hybridized carbons (Fsp3) is 0.0345. The zero-order valence-electron chi connectivity index (χ0n) is 22.4. The quantitative estimate of drug-likeness (QED) is 0.110. The van der Waals surface area contributed by atoms with Gasteiger partial charge in [0.05, 0.1) is 53.5 Å². The minimum absolute atomic E-state index is 0.0381. The Morgan fingerprint density at radius 2 is 0.978 bits per heavy atom. The molecule has 4 rings (SSSR count). The largest absolute Gasteiger partial charge is 0.478 e. The van der Waals surface area contributed by atoms with Gasteiger partial charge in [-0.3, -0.25) is 29.8 Å². The van der Waals surface area contributed by atoms with Gasteiger partial charge in [0.25, 0.3) is 23.2 Å². The van der Waals surface area contributed by atoms with Gasteiger partial charge in [-0.15, -0.1) is 0 Å². The molecule has 0 heterocycles. The molecule has 228 valence electrons. The van der Waals surface area contributed by atoms with Crippen LogP contribution in [-0.2, 0) is 6.42 Å². The van der Waals surface area contributed by atoms with Gasteiger partial charge in [-0.2, -0.15) is 0 Å². The van der Waals surface area contributed by atoms with Crippen LogP contribution < -0.4 is 10.6 Å². The van der Waals surface area contributed by atoms with Crippen molar-refractivity contribution in [3.05, 3.63) is 136 Å². The van der Waals surface area contributed by atoms with Gasteiger partial charge >= 0.3 is 11.9 Å². The van der Waals surface area contributed by atoms with E-state index in [-0.39, 0.29) is 50.1 Å². The lowest BCUT2D eigenvalue weighted by molar-refractivity contribution is -0.385. The summed E-state index contributed by atoms with van der Waals surface area (Å²) < 4.78 is 0. The van der Waals surface area contributed by atoms with E-state index in [0.29, 0.717) is 11.1 Å². The standard InChI is InChI=1S/C29H18Cl2N4O10/c30-22-5-3-16(34(42)43)12-18(22)26(36)32-24-7-1-14(10-20(24)28(38)39)9-15-2-8-25(21(11-15)29(40)41)33-27(37)19-13-17(35(44)45)4-6-23(19)31/h1-8,10-13H,9H2,(H,32,36)(H,33,37)(H,38,39)(H,40,41). The van der Waals surface area contributed by atoms with E-state index in [0.717, 1.165) is 24.3 Å². The number of benzene rings is 4. The molecule has 0 aliphatic carbocycles. The predicted octanol–water partition coefficient (Wildman–Crippen LogP) is 6.30. The third kappa shape index (κ3) is 7.38. The molecule has 0 aliphatic rings. The molecule has 4 aromatic carbocycles. The number of carbonyl (C=O) groups is 4. The fourth-order valence-corrected chi connectivity index (χ4v) is 4.60. The second-order valence-electron chi connectivity index (χ2n) is 9.30. The number of anilines is 2. The molecule has 0 aromatic heterocycles. The molecule has 4 N–H and O–H groups in total. The molecule has 2 amide bonds. The Bertz CT molecular complexity index is 1790. The van der Waals surface area contributed by atoms with Crippen molar-refractivity contribution in [2.45, 2.75) is 6.42 Å². The van der Waals surface area contributed by atoms with E-state index < -0.39 is 45.0 Å². The number of aromatic carboxylic acids is 2. The predicted molar refractivity (Wildman–Crippen MR) is 162 cm³/mol. The summed E-state index contributed by atoms with van der Waals surface area (Å²) in [7, 11) is 0. The highest BCUT2D eigenvalue weighted by molar-refractivity contribution is 6.35. The maximum atomic E-state index is 12.8. The number of nitrogens with one attached hydrogen (secondary N) is 2. The van der Waals surface area contributed by atoms with Crippen LogP contribution in [0.15, 0.2) is 72.8 Å². The van der Waals surface area contributed by atoms with E-state index in [1.807, 2.05) is 0 Å². The number of amides is 2. The molecule has 0 bridgehead atoms. The summed E-state index contributed by atoms with van der Waals surface area (Å²) in [5.41, 5.74) is -1.33. The molecule has 0 saturated heterocycles. The SMILES string of the molecule is O=C(Nc1ccc(Cc2ccc(NC(=O)c3cc([N+](=O)[O-])ccc3Cl)c(C(=O)O)c2)cc1C(=O)O)c1cc([N+](=O)[O-])ccc1Cl. The molecule has 0 fully saturated rings. The van der Waals surface area contributed by atoms with Crippen LogP contribution in [0.25, 0.3) is 0 Å². The van der Waals surface area contributed by atoms with E-state index in [9.17, 15) is 49.6 Å². The summed E-state index contributed by atoms with van der Waals surface area (Å²) in [6.45, 7) is 0. The second-order valence-corrected chi connectivity index (χ2v) is 10.1. The highest BCUT2D eigenvalue weighted by Gasteiger charge is 2.21. The molecule has 0 aliphatic heterocycles. The van der Waals surface area contributed by atoms with Gasteiger partial charge in [0.2, 0.25) is 0 Å². The molecular formula is C29H18Cl2N4O10. The van der Waals surface area contributed by atoms with Gasteiger partial charge in [-0.05, 0) is 53.9 Å². The van der Waals surface area contributed by atoms with Crippen molar-refractivity contribution in [2.24, 2.45) is 0 Å². The summed E-state index contributed by atoms with van der Waals surface area (Å²) in [4.78, 5) is 70.3. The van der Waals surface area contributed by atoms with E-state index >= 15 is 0 Å². The van der Waals surface area contributed by atoms with E-state index in [1.54, 1.807) is 0 Å². The molecule has 0 saturated carbocycles. The second kappa shape index (κ2) is 13.2. The highest BCUT2D eigenvalue weighted by atomic mass is 35.5. The topological polar surface area (TPSA) is 219 Å². The lowest BCUT2D eigenvalue weighted by Gasteiger charge is -2.13. The first-order valence-corrected chi connectivity index (χ1v) is 13.2. The summed E-state index contributed by atoms with van der Waals surface area (Å²) in [5.74, 6) is -4.56. The van der Waals surface area contributed by atoms with Gasteiger partial charge in [-0.1, -0.05) is 35.3 Å². The average Bonchev–Trinajstić information content (AvgIpc) is 2.98. The minimum Gasteiger partial charge on any atom is -0.478 e. The van der Waals surface area contributed by atoms with Crippen LogP contribution in [0.3, 0.4) is 0 Å². The third-order valence-corrected chi connectivity index (χ3v) is 7.00. The van der Waals surface area contributed by atoms with Crippen molar-refractivity contribution in [2.75, 3.05) is 10.6 Å². The summed E-state index contributed by atoms with van der Waals surface area (Å²) >= 11 is 12.0. The summed E-state index contributed by atoms with van der Waals surface area (Å²) in [5, 5.41) is 46.3. The molecular weight excluding hydrogens is 635 g/mol. The summed E-state index contributed by atoms with van der Waals surface area (Å²) in [6.07, 6.45) is 0.0381. The molecule has 0 radical (unpaired) electrons. The van der Waals surface area contributed by atoms with Crippen LogP contribution in [0.2, 0.25) is 10.0 Å². The van der Waals surface area contributed by atoms with E-state index in [2.05, 4.69) is 10.6 Å². The summed E-state index contributed by atoms with van der Waals surface area (Å²) in [6, 6.07) is 14.6. The average molecular weight is 653 g/mol. The fourth-order valence-electron chi connectivity index (χ4n) is 4.19. The number of carbonyl (C=O) groups excluding carboxylic acids is 2. The van der Waals surface area contributed by atoms with E-state index in [4.69, 9.17) is 23.2 Å². The maximum absolute atomic E-state index is 12.8. The van der Waals surface area contributed by atoms with Crippen LogP contribution in [-0.4, -0.2) is 43.8 Å². The number of carboxylic acid groups (broad SMARTS) is 2. The molecule has 4 aromatic rings. The van der Waals surface area contributed by atoms with Crippen LogP contribution in [0.5, 0.6) is 0 Å². The molecule has 45 heavy (non-hydrogen) atoms. The zero-order chi connectivity index (χ0) is 33.0. The molecule has 14 nitrogen and oxygen atoms in total. The number of rotatable bonds is 10. The first kappa shape index (κ1) is 32.1. The minimum atomic E-state index is -1.40. The van der Waals surface area contributed by atoms with Gasteiger partial charge in [0, 0.05) is 24.3 Å². The van der Waals surface area contributed by atoms with Crippen molar-refractivity contribution >= 4 is 69.7 Å². The lowest BCUT2D eigenvalue weighted by atomic mass is 9.99. The van der Waals surface area contributed by atoms with Crippen molar-refractivity contribution < 1.29 is 39.2 Å². The molecule has 0 spiro atoms. The number of halogens is 2. The Morgan fingerprint density at radius 3 is 1.31 bits per heavy atom. The van der Waals surface area contributed by atoms with Gasteiger partial charge in [0.1, 0.15) is 0 Å². The number of hydrogen-bond acceptors (Lipinski definition) is 8. The van der Waals surface area contributed by atoms with Crippen LogP contribution in [0.1, 0.15) is 52.6 Å². The normalized spacial score (nSPS) is 10.5. The van der Waals surface area contributed by atoms with Crippen molar-refractivity contribution in [3.8, 4) is 0 Å². The number of nitro benzene ring substituents is 2. The number of nitro groups is 2. The van der Waals surface area contributed by atoms with E-state index in [1.165, 1.54) is 48.5 Å². The highest BCUT2D eigenvalue weighted by Crippen LogP contribution is 2.28. The van der Waals surface area contributed by atoms with Crippen LogP contribution >= 0.6 is 23.2 Å². The molecule has 16 heteroatoms. The molecule has 0 unspecified atom stereocenters. The van der Waals surface area contributed by atoms with Crippen LogP contribution in [0, 0.1) is 20.2 Å². The maximum Gasteiger partial charge on any atom is 0.337 e. The monoisotopic (exact) mass is 652 g/mol. The first-order valence-electron chi connectivity index (χ1n) is 12.5. The Labute approximate surface area is 262 Å². The smallest absolute Gasteiger partial charge is 0.337 e. The lowest BCUT2D eigenvalue weighted by Crippen LogP contribution is -2.16. The van der Waals surface area contributed by atoms with Gasteiger partial charge < -0.3 is 20.8 Å². The first-order chi connectivity index (χ1) is 21.2. The Kier molecular flexibility index (Phi) is 9.40. The van der Waals surface area contributed by atoms with Crippen molar-refractivity contribution in [1.29, 1.82) is 0 Å². The van der Waals surface area contributed by atoms with Crippen molar-refractivity contribution in [3.63, 3.8) is 0 Å². The Morgan fingerprint density at radius 1 is 0.600 bits per heavy atom.